The molecule has 0 saturated carbocycles. The van der Waals surface area contributed by atoms with Gasteiger partial charge in [0.05, 0.1) is 19.8 Å². The summed E-state index contributed by atoms with van der Waals surface area (Å²) in [6, 6.07) is 9.76. The number of nitrogens with one attached hydrogen (secondary N) is 2. The number of rotatable bonds is 8. The molecular weight excluding hydrogens is 524 g/mol. The van der Waals surface area contributed by atoms with Gasteiger partial charge in [-0.05, 0) is 39.0 Å². The average molecular weight is 557 g/mol. The van der Waals surface area contributed by atoms with E-state index in [9.17, 15) is 4.39 Å². The molecule has 1 fully saturated rings. The summed E-state index contributed by atoms with van der Waals surface area (Å²) in [5.74, 6) is 1.20. The highest BCUT2D eigenvalue weighted by Gasteiger charge is 2.28. The Balaban J connectivity index is 0.00000363. The lowest BCUT2D eigenvalue weighted by Gasteiger charge is -2.41. The van der Waals surface area contributed by atoms with Crippen LogP contribution < -0.4 is 15.4 Å². The molecule has 0 amide bonds. The molecule has 1 saturated heterocycles. The van der Waals surface area contributed by atoms with Crippen LogP contribution >= 0.6 is 24.0 Å². The van der Waals surface area contributed by atoms with Crippen LogP contribution in [0.15, 0.2) is 47.6 Å². The van der Waals surface area contributed by atoms with Gasteiger partial charge in [-0.2, -0.15) is 0 Å². The standard InChI is InChI=1S/C23H32FN5O2.HI/c1-4-25-22(28-17-23(2,3)29-11-13-30-14-12-29)27-16-18-7-6-10-26-21(18)31-20-9-5-8-19(24)15-20;/h5-10,15H,4,11-14,16-17H2,1-3H3,(H2,25,27,28);1H. The van der Waals surface area contributed by atoms with Crippen molar-refractivity contribution in [1.82, 2.24) is 20.5 Å². The van der Waals surface area contributed by atoms with Crippen LogP contribution in [0, 0.1) is 5.82 Å². The average Bonchev–Trinajstić information content (AvgIpc) is 2.77. The molecule has 3 rings (SSSR count). The molecule has 0 spiro atoms. The van der Waals surface area contributed by atoms with E-state index in [1.807, 2.05) is 19.1 Å². The second kappa shape index (κ2) is 12.9. The molecule has 1 aliphatic heterocycles. The molecule has 9 heteroatoms. The van der Waals surface area contributed by atoms with Crippen LogP contribution in [0.4, 0.5) is 4.39 Å². The summed E-state index contributed by atoms with van der Waals surface area (Å²) in [5, 5.41) is 6.74. The molecule has 1 aromatic carbocycles. The van der Waals surface area contributed by atoms with Gasteiger partial charge in [-0.3, -0.25) is 4.90 Å². The monoisotopic (exact) mass is 557 g/mol. The second-order valence-electron chi connectivity index (χ2n) is 7.99. The zero-order valence-corrected chi connectivity index (χ0v) is 21.3. The Labute approximate surface area is 206 Å². The van der Waals surface area contributed by atoms with Gasteiger partial charge in [-0.1, -0.05) is 12.1 Å². The fourth-order valence-corrected chi connectivity index (χ4v) is 3.36. The third-order valence-corrected chi connectivity index (χ3v) is 5.17. The summed E-state index contributed by atoms with van der Waals surface area (Å²) >= 11 is 0. The molecule has 1 aliphatic rings. The van der Waals surface area contributed by atoms with Crippen LogP contribution in [0.3, 0.4) is 0 Å². The zero-order chi connectivity index (χ0) is 22.1. The van der Waals surface area contributed by atoms with Crippen LogP contribution in [-0.2, 0) is 11.3 Å². The third kappa shape index (κ3) is 7.86. The summed E-state index contributed by atoms with van der Waals surface area (Å²) in [4.78, 5) is 11.4. The molecule has 2 N–H and O–H groups in total. The van der Waals surface area contributed by atoms with Crippen LogP contribution in [0.2, 0.25) is 0 Å². The van der Waals surface area contributed by atoms with Gasteiger partial charge in [0.2, 0.25) is 5.88 Å². The SMILES string of the molecule is CCNC(=NCc1cccnc1Oc1cccc(F)c1)NCC(C)(C)N1CCOCC1.I. The number of nitrogens with zero attached hydrogens (tertiary/aromatic N) is 3. The zero-order valence-electron chi connectivity index (χ0n) is 18.9. The number of halogens is 2. The quantitative estimate of drug-likeness (QED) is 0.293. The first-order valence-corrected chi connectivity index (χ1v) is 10.7. The summed E-state index contributed by atoms with van der Waals surface area (Å²) in [5.41, 5.74) is 0.788. The predicted octanol–water partition coefficient (Wildman–Crippen LogP) is 3.80. The van der Waals surface area contributed by atoms with E-state index < -0.39 is 0 Å². The fourth-order valence-electron chi connectivity index (χ4n) is 3.36. The Bertz CT molecular complexity index is 875. The van der Waals surface area contributed by atoms with Gasteiger partial charge in [0, 0.05) is 49.5 Å². The molecule has 0 unspecified atom stereocenters. The van der Waals surface area contributed by atoms with E-state index in [4.69, 9.17) is 14.5 Å². The van der Waals surface area contributed by atoms with Crippen molar-refractivity contribution in [3.05, 3.63) is 54.0 Å². The van der Waals surface area contributed by atoms with Gasteiger partial charge >= 0.3 is 0 Å². The molecule has 0 radical (unpaired) electrons. The van der Waals surface area contributed by atoms with E-state index >= 15 is 0 Å². The van der Waals surface area contributed by atoms with Gasteiger partial charge in [-0.15, -0.1) is 24.0 Å². The number of morpholine rings is 1. The topological polar surface area (TPSA) is 71.0 Å². The number of guanidine groups is 1. The molecule has 176 valence electrons. The lowest BCUT2D eigenvalue weighted by atomic mass is 10.0. The fraction of sp³-hybridized carbons (Fsp3) is 0.478. The summed E-state index contributed by atoms with van der Waals surface area (Å²) < 4.78 is 24.7. The first kappa shape index (κ1) is 26.3. The van der Waals surface area contributed by atoms with Crippen molar-refractivity contribution in [3.63, 3.8) is 0 Å². The Morgan fingerprint density at radius 1 is 1.22 bits per heavy atom. The maximum Gasteiger partial charge on any atom is 0.224 e. The Kier molecular flexibility index (Phi) is 10.6. The summed E-state index contributed by atoms with van der Waals surface area (Å²) in [7, 11) is 0. The number of hydrogen-bond donors (Lipinski definition) is 2. The highest BCUT2D eigenvalue weighted by molar-refractivity contribution is 14.0. The van der Waals surface area contributed by atoms with Crippen LogP contribution in [0.25, 0.3) is 0 Å². The first-order valence-electron chi connectivity index (χ1n) is 10.7. The maximum absolute atomic E-state index is 13.5. The van der Waals surface area contributed by atoms with E-state index in [1.165, 1.54) is 12.1 Å². The predicted molar refractivity (Wildman–Crippen MR) is 135 cm³/mol. The highest BCUT2D eigenvalue weighted by Crippen LogP contribution is 2.24. The van der Waals surface area contributed by atoms with E-state index in [1.54, 1.807) is 18.3 Å². The Hall–Kier alpha value is -1.98. The number of ether oxygens (including phenoxy) is 2. The van der Waals surface area contributed by atoms with Gasteiger partial charge in [0.1, 0.15) is 11.6 Å². The van der Waals surface area contributed by atoms with E-state index in [-0.39, 0.29) is 35.3 Å². The number of hydrogen-bond acceptors (Lipinski definition) is 5. The van der Waals surface area contributed by atoms with Crippen molar-refractivity contribution in [2.45, 2.75) is 32.9 Å². The maximum atomic E-state index is 13.5. The van der Waals surface area contributed by atoms with Gasteiger partial charge in [0.25, 0.3) is 0 Å². The van der Waals surface area contributed by atoms with Crippen LogP contribution in [0.1, 0.15) is 26.3 Å². The Morgan fingerprint density at radius 2 is 2.00 bits per heavy atom. The molecular formula is C23H33FIN5O2. The molecule has 0 aliphatic carbocycles. The number of aliphatic imine (C=N–C) groups is 1. The minimum atomic E-state index is -0.352. The number of pyridine rings is 1. The smallest absolute Gasteiger partial charge is 0.224 e. The van der Waals surface area contributed by atoms with Crippen molar-refractivity contribution in [2.75, 3.05) is 39.4 Å². The van der Waals surface area contributed by atoms with Crippen molar-refractivity contribution < 1.29 is 13.9 Å². The van der Waals surface area contributed by atoms with Crippen LogP contribution in [0.5, 0.6) is 11.6 Å². The summed E-state index contributed by atoms with van der Waals surface area (Å²) in [6.07, 6.45) is 1.65. The Morgan fingerprint density at radius 3 is 2.72 bits per heavy atom. The normalized spacial score (nSPS) is 15.1. The molecule has 1 aromatic heterocycles. The van der Waals surface area contributed by atoms with E-state index in [0.717, 1.165) is 50.9 Å². The van der Waals surface area contributed by atoms with Gasteiger partial charge < -0.3 is 20.1 Å². The second-order valence-corrected chi connectivity index (χ2v) is 7.99. The minimum Gasteiger partial charge on any atom is -0.439 e. The molecule has 2 heterocycles. The van der Waals surface area contributed by atoms with Crippen molar-refractivity contribution in [1.29, 1.82) is 0 Å². The third-order valence-electron chi connectivity index (χ3n) is 5.17. The summed E-state index contributed by atoms with van der Waals surface area (Å²) in [6.45, 7) is 11.8. The van der Waals surface area contributed by atoms with Gasteiger partial charge in [0.15, 0.2) is 5.96 Å². The van der Waals surface area contributed by atoms with Gasteiger partial charge in [-0.25, -0.2) is 14.4 Å². The lowest BCUT2D eigenvalue weighted by molar-refractivity contribution is -0.00834. The molecule has 0 atom stereocenters. The first-order chi connectivity index (χ1) is 15.0. The minimum absolute atomic E-state index is 0. The van der Waals surface area contributed by atoms with E-state index in [2.05, 4.69) is 34.4 Å². The van der Waals surface area contributed by atoms with Crippen LogP contribution in [-0.4, -0.2) is 60.8 Å². The largest absolute Gasteiger partial charge is 0.439 e. The molecule has 0 bridgehead atoms. The molecule has 7 nitrogen and oxygen atoms in total. The number of benzene rings is 1. The lowest BCUT2D eigenvalue weighted by Crippen LogP contribution is -2.56. The van der Waals surface area contributed by atoms with Crippen molar-refractivity contribution >= 4 is 29.9 Å². The van der Waals surface area contributed by atoms with Crippen molar-refractivity contribution in [2.24, 2.45) is 4.99 Å². The highest BCUT2D eigenvalue weighted by atomic mass is 127. The van der Waals surface area contributed by atoms with Crippen molar-refractivity contribution in [3.8, 4) is 11.6 Å². The molecule has 2 aromatic rings. The molecule has 32 heavy (non-hydrogen) atoms. The number of aromatic nitrogens is 1. The van der Waals surface area contributed by atoms with E-state index in [0.29, 0.717) is 18.2 Å².